The van der Waals surface area contributed by atoms with Crippen molar-refractivity contribution < 1.29 is 24.2 Å². The lowest BCUT2D eigenvalue weighted by molar-refractivity contribution is -0.141. The van der Waals surface area contributed by atoms with Gasteiger partial charge in [-0.3, -0.25) is 9.59 Å². The van der Waals surface area contributed by atoms with Crippen molar-refractivity contribution in [1.82, 2.24) is 5.32 Å². The second-order valence-corrected chi connectivity index (χ2v) is 4.01. The number of aliphatic carboxylic acids is 1. The highest BCUT2D eigenvalue weighted by Crippen LogP contribution is 2.16. The van der Waals surface area contributed by atoms with Crippen LogP contribution in [0.4, 0.5) is 0 Å². The van der Waals surface area contributed by atoms with E-state index >= 15 is 0 Å². The highest BCUT2D eigenvalue weighted by Gasteiger charge is 2.12. The SMILES string of the molecule is COc1ccc(OCC(=O)NCC(C)C(=O)O)cc1. The fourth-order valence-corrected chi connectivity index (χ4v) is 1.23. The number of amides is 1. The number of carbonyl (C=O) groups excluding carboxylic acids is 1. The molecule has 0 fully saturated rings. The molecule has 1 aromatic carbocycles. The Morgan fingerprint density at radius 3 is 2.37 bits per heavy atom. The maximum absolute atomic E-state index is 11.4. The number of hydrogen-bond donors (Lipinski definition) is 2. The average Bonchev–Trinajstić information content (AvgIpc) is 2.42. The van der Waals surface area contributed by atoms with Gasteiger partial charge in [0.25, 0.3) is 5.91 Å². The minimum Gasteiger partial charge on any atom is -0.497 e. The van der Waals surface area contributed by atoms with Crippen LogP contribution < -0.4 is 14.8 Å². The minimum atomic E-state index is -0.948. The van der Waals surface area contributed by atoms with Crippen LogP contribution in [-0.4, -0.2) is 37.2 Å². The third kappa shape index (κ3) is 5.29. The van der Waals surface area contributed by atoms with E-state index in [9.17, 15) is 9.59 Å². The molecule has 0 aromatic heterocycles. The third-order valence-electron chi connectivity index (χ3n) is 2.46. The zero-order valence-corrected chi connectivity index (χ0v) is 10.9. The summed E-state index contributed by atoms with van der Waals surface area (Å²) in [6.07, 6.45) is 0. The first-order chi connectivity index (χ1) is 9.02. The van der Waals surface area contributed by atoms with Gasteiger partial charge in [-0.2, -0.15) is 0 Å². The van der Waals surface area contributed by atoms with E-state index in [1.165, 1.54) is 6.92 Å². The topological polar surface area (TPSA) is 84.9 Å². The Kier molecular flexibility index (Phi) is 5.66. The van der Waals surface area contributed by atoms with Crippen LogP contribution in [0.25, 0.3) is 0 Å². The molecule has 0 saturated carbocycles. The van der Waals surface area contributed by atoms with Gasteiger partial charge < -0.3 is 19.9 Å². The first kappa shape index (κ1) is 14.8. The summed E-state index contributed by atoms with van der Waals surface area (Å²) < 4.78 is 10.2. The summed E-state index contributed by atoms with van der Waals surface area (Å²) in [4.78, 5) is 22.0. The molecule has 104 valence electrons. The fraction of sp³-hybridized carbons (Fsp3) is 0.385. The molecule has 0 aliphatic heterocycles. The normalized spacial score (nSPS) is 11.5. The summed E-state index contributed by atoms with van der Waals surface area (Å²) in [5, 5.41) is 11.1. The molecular weight excluding hydrogens is 250 g/mol. The molecule has 1 atom stereocenters. The van der Waals surface area contributed by atoms with Crippen LogP contribution >= 0.6 is 0 Å². The van der Waals surface area contributed by atoms with Gasteiger partial charge in [0.15, 0.2) is 6.61 Å². The lowest BCUT2D eigenvalue weighted by atomic mass is 10.2. The van der Waals surface area contributed by atoms with Crippen LogP contribution in [0.2, 0.25) is 0 Å². The van der Waals surface area contributed by atoms with Crippen LogP contribution in [0.15, 0.2) is 24.3 Å². The van der Waals surface area contributed by atoms with Crippen molar-refractivity contribution in [3.8, 4) is 11.5 Å². The van der Waals surface area contributed by atoms with Crippen LogP contribution in [0.3, 0.4) is 0 Å². The molecule has 1 rings (SSSR count). The largest absolute Gasteiger partial charge is 0.497 e. The molecular formula is C13H17NO5. The smallest absolute Gasteiger partial charge is 0.308 e. The Morgan fingerprint density at radius 2 is 1.84 bits per heavy atom. The van der Waals surface area contributed by atoms with E-state index in [-0.39, 0.29) is 19.1 Å². The monoisotopic (exact) mass is 267 g/mol. The second-order valence-electron chi connectivity index (χ2n) is 4.01. The molecule has 19 heavy (non-hydrogen) atoms. The Bertz CT molecular complexity index is 429. The molecule has 1 aromatic rings. The summed E-state index contributed by atoms with van der Waals surface area (Å²) in [5.41, 5.74) is 0. The zero-order valence-electron chi connectivity index (χ0n) is 10.9. The predicted octanol–water partition coefficient (Wildman–Crippen LogP) is 0.911. The minimum absolute atomic E-state index is 0.0835. The van der Waals surface area contributed by atoms with Gasteiger partial charge in [-0.25, -0.2) is 0 Å². The first-order valence-corrected chi connectivity index (χ1v) is 5.79. The van der Waals surface area contributed by atoms with Crippen molar-refractivity contribution in [3.05, 3.63) is 24.3 Å². The number of carboxylic acid groups (broad SMARTS) is 1. The quantitative estimate of drug-likeness (QED) is 0.767. The number of methoxy groups -OCH3 is 1. The van der Waals surface area contributed by atoms with Crippen molar-refractivity contribution in [3.63, 3.8) is 0 Å². The van der Waals surface area contributed by atoms with Gasteiger partial charge in [0.2, 0.25) is 0 Å². The maximum atomic E-state index is 11.4. The van der Waals surface area contributed by atoms with Crippen LogP contribution in [-0.2, 0) is 9.59 Å². The Hall–Kier alpha value is -2.24. The summed E-state index contributed by atoms with van der Waals surface area (Å²) in [6.45, 7) is 1.45. The van der Waals surface area contributed by atoms with Crippen LogP contribution in [0.1, 0.15) is 6.92 Å². The van der Waals surface area contributed by atoms with Gasteiger partial charge in [-0.1, -0.05) is 6.92 Å². The van der Waals surface area contributed by atoms with Gasteiger partial charge in [0.05, 0.1) is 13.0 Å². The van der Waals surface area contributed by atoms with Crippen LogP contribution in [0.5, 0.6) is 11.5 Å². The fourth-order valence-electron chi connectivity index (χ4n) is 1.23. The van der Waals surface area contributed by atoms with E-state index in [0.717, 1.165) is 0 Å². The molecule has 0 spiro atoms. The van der Waals surface area contributed by atoms with E-state index in [1.807, 2.05) is 0 Å². The van der Waals surface area contributed by atoms with E-state index in [2.05, 4.69) is 5.32 Å². The predicted molar refractivity (Wildman–Crippen MR) is 68.3 cm³/mol. The molecule has 0 aliphatic carbocycles. The van der Waals surface area contributed by atoms with Crippen LogP contribution in [0, 0.1) is 5.92 Å². The molecule has 1 amide bonds. The zero-order chi connectivity index (χ0) is 14.3. The molecule has 6 heteroatoms. The number of benzene rings is 1. The number of nitrogens with one attached hydrogen (secondary N) is 1. The Balaban J connectivity index is 2.31. The number of rotatable bonds is 7. The highest BCUT2D eigenvalue weighted by atomic mass is 16.5. The summed E-state index contributed by atoms with van der Waals surface area (Å²) >= 11 is 0. The van der Waals surface area contributed by atoms with Crippen molar-refractivity contribution in [2.75, 3.05) is 20.3 Å². The molecule has 2 N–H and O–H groups in total. The van der Waals surface area contributed by atoms with E-state index in [0.29, 0.717) is 11.5 Å². The molecule has 0 heterocycles. The molecule has 1 unspecified atom stereocenters. The van der Waals surface area contributed by atoms with Crippen molar-refractivity contribution in [2.24, 2.45) is 5.92 Å². The van der Waals surface area contributed by atoms with Gasteiger partial charge >= 0.3 is 5.97 Å². The standard InChI is InChI=1S/C13H17NO5/c1-9(13(16)17)7-14-12(15)8-19-11-5-3-10(18-2)4-6-11/h3-6,9H,7-8H2,1-2H3,(H,14,15)(H,16,17). The van der Waals surface area contributed by atoms with E-state index < -0.39 is 11.9 Å². The van der Waals surface area contributed by atoms with Gasteiger partial charge in [-0.15, -0.1) is 0 Å². The molecule has 0 bridgehead atoms. The Labute approximate surface area is 111 Å². The number of carboxylic acids is 1. The summed E-state index contributed by atoms with van der Waals surface area (Å²) in [5.74, 6) is -0.681. The van der Waals surface area contributed by atoms with Crippen molar-refractivity contribution >= 4 is 11.9 Å². The lowest BCUT2D eigenvalue weighted by Crippen LogP contribution is -2.34. The van der Waals surface area contributed by atoms with Gasteiger partial charge in [-0.05, 0) is 24.3 Å². The second kappa shape index (κ2) is 7.25. The molecule has 0 saturated heterocycles. The lowest BCUT2D eigenvalue weighted by Gasteiger charge is -2.09. The summed E-state index contributed by atoms with van der Waals surface area (Å²) in [6, 6.07) is 6.82. The maximum Gasteiger partial charge on any atom is 0.308 e. The van der Waals surface area contributed by atoms with Gasteiger partial charge in [0.1, 0.15) is 11.5 Å². The highest BCUT2D eigenvalue weighted by molar-refractivity contribution is 5.78. The van der Waals surface area contributed by atoms with E-state index in [1.54, 1.807) is 31.4 Å². The van der Waals surface area contributed by atoms with Crippen molar-refractivity contribution in [2.45, 2.75) is 6.92 Å². The Morgan fingerprint density at radius 1 is 1.26 bits per heavy atom. The van der Waals surface area contributed by atoms with Gasteiger partial charge in [0, 0.05) is 6.54 Å². The number of ether oxygens (including phenoxy) is 2. The van der Waals surface area contributed by atoms with Crippen molar-refractivity contribution in [1.29, 1.82) is 0 Å². The molecule has 0 aliphatic rings. The summed E-state index contributed by atoms with van der Waals surface area (Å²) in [7, 11) is 1.56. The average molecular weight is 267 g/mol. The molecule has 0 radical (unpaired) electrons. The number of carbonyl (C=O) groups is 2. The molecule has 6 nitrogen and oxygen atoms in total. The first-order valence-electron chi connectivity index (χ1n) is 5.79. The third-order valence-corrected chi connectivity index (χ3v) is 2.46. The number of hydrogen-bond acceptors (Lipinski definition) is 4. The van der Waals surface area contributed by atoms with E-state index in [4.69, 9.17) is 14.6 Å².